The minimum Gasteiger partial charge on any atom is -0.481 e. The topological polar surface area (TPSA) is 38.3 Å². The summed E-state index contributed by atoms with van der Waals surface area (Å²) in [6, 6.07) is 16.6. The first-order chi connectivity index (χ1) is 12.9. The van der Waals surface area contributed by atoms with E-state index in [1.165, 1.54) is 16.7 Å². The Hall–Kier alpha value is -2.29. The van der Waals surface area contributed by atoms with Gasteiger partial charge in [0.05, 0.1) is 6.04 Å². The van der Waals surface area contributed by atoms with E-state index in [9.17, 15) is 4.79 Å². The third kappa shape index (κ3) is 4.71. The van der Waals surface area contributed by atoms with Gasteiger partial charge in [0.1, 0.15) is 5.75 Å². The van der Waals surface area contributed by atoms with Crippen LogP contribution in [0.25, 0.3) is 0 Å². The molecule has 0 aliphatic heterocycles. The Morgan fingerprint density at radius 1 is 1.15 bits per heavy atom. The highest BCUT2D eigenvalue weighted by Gasteiger charge is 2.26. The molecule has 0 heterocycles. The van der Waals surface area contributed by atoms with Gasteiger partial charge in [-0.2, -0.15) is 0 Å². The van der Waals surface area contributed by atoms with Crippen molar-refractivity contribution in [3.8, 4) is 5.75 Å². The summed E-state index contributed by atoms with van der Waals surface area (Å²) in [4.78, 5) is 12.8. The zero-order chi connectivity index (χ0) is 19.4. The molecule has 1 N–H and O–H groups in total. The maximum Gasteiger partial charge on any atom is 0.261 e. The maximum absolute atomic E-state index is 12.8. The van der Waals surface area contributed by atoms with Crippen LogP contribution in [0.1, 0.15) is 69.7 Å². The van der Waals surface area contributed by atoms with E-state index >= 15 is 0 Å². The summed E-state index contributed by atoms with van der Waals surface area (Å²) in [7, 11) is 0. The molecule has 1 aliphatic carbocycles. The van der Waals surface area contributed by atoms with Gasteiger partial charge in [-0.15, -0.1) is 0 Å². The number of hydrogen-bond donors (Lipinski definition) is 1. The normalized spacial score (nSPS) is 17.7. The van der Waals surface area contributed by atoms with Crippen molar-refractivity contribution < 1.29 is 9.53 Å². The first kappa shape index (κ1) is 19.5. The van der Waals surface area contributed by atoms with Crippen molar-refractivity contribution in [1.29, 1.82) is 0 Å². The number of benzene rings is 2. The van der Waals surface area contributed by atoms with Gasteiger partial charge in [0, 0.05) is 0 Å². The third-order valence-electron chi connectivity index (χ3n) is 5.35. The predicted molar refractivity (Wildman–Crippen MR) is 110 cm³/mol. The van der Waals surface area contributed by atoms with Crippen molar-refractivity contribution in [2.24, 2.45) is 0 Å². The van der Waals surface area contributed by atoms with E-state index in [-0.39, 0.29) is 17.4 Å². The predicted octanol–water partition coefficient (Wildman–Crippen LogP) is 5.34. The van der Waals surface area contributed by atoms with Gasteiger partial charge in [0.25, 0.3) is 5.91 Å². The molecular formula is C24H31NO2. The molecule has 0 spiro atoms. The fourth-order valence-corrected chi connectivity index (χ4v) is 3.69. The summed E-state index contributed by atoms with van der Waals surface area (Å²) in [5.41, 5.74) is 3.96. The Balaban J connectivity index is 1.67. The van der Waals surface area contributed by atoms with E-state index in [0.29, 0.717) is 6.42 Å². The number of ether oxygens (including phenoxy) is 1. The second-order valence-corrected chi connectivity index (χ2v) is 8.44. The molecule has 0 saturated heterocycles. The lowest BCUT2D eigenvalue weighted by atomic mass is 9.87. The summed E-state index contributed by atoms with van der Waals surface area (Å²) >= 11 is 0. The second kappa shape index (κ2) is 8.16. The van der Waals surface area contributed by atoms with E-state index in [0.717, 1.165) is 25.0 Å². The number of amides is 1. The number of aryl methyl sites for hydroxylation is 1. The lowest BCUT2D eigenvalue weighted by molar-refractivity contribution is -0.129. The van der Waals surface area contributed by atoms with E-state index in [2.05, 4.69) is 56.4 Å². The van der Waals surface area contributed by atoms with Crippen molar-refractivity contribution in [2.45, 2.75) is 70.9 Å². The van der Waals surface area contributed by atoms with Gasteiger partial charge in [0.2, 0.25) is 0 Å². The Bertz CT molecular complexity index is 774. The number of fused-ring (bicyclic) bond motifs is 1. The van der Waals surface area contributed by atoms with Crippen LogP contribution in [-0.4, -0.2) is 12.0 Å². The summed E-state index contributed by atoms with van der Waals surface area (Å²) in [5, 5.41) is 3.22. The quantitative estimate of drug-likeness (QED) is 0.777. The monoisotopic (exact) mass is 365 g/mol. The molecule has 2 atom stereocenters. The number of nitrogens with one attached hydrogen (secondary N) is 1. The molecule has 0 bridgehead atoms. The molecule has 1 amide bonds. The number of rotatable bonds is 5. The molecule has 0 unspecified atom stereocenters. The smallest absolute Gasteiger partial charge is 0.261 e. The summed E-state index contributed by atoms with van der Waals surface area (Å²) in [5.74, 6) is 0.716. The summed E-state index contributed by atoms with van der Waals surface area (Å²) < 4.78 is 6.01. The van der Waals surface area contributed by atoms with Crippen LogP contribution in [0.4, 0.5) is 0 Å². The molecule has 3 heteroatoms. The molecule has 3 nitrogen and oxygen atoms in total. The lowest BCUT2D eigenvalue weighted by Gasteiger charge is -2.28. The Labute approximate surface area is 163 Å². The average molecular weight is 366 g/mol. The van der Waals surface area contributed by atoms with Gasteiger partial charge in [-0.25, -0.2) is 0 Å². The van der Waals surface area contributed by atoms with E-state index < -0.39 is 6.10 Å². The molecule has 0 fully saturated rings. The molecule has 0 saturated carbocycles. The maximum atomic E-state index is 12.8. The molecule has 27 heavy (non-hydrogen) atoms. The van der Waals surface area contributed by atoms with Crippen LogP contribution < -0.4 is 10.1 Å². The number of carbonyl (C=O) groups is 1. The molecule has 0 aromatic heterocycles. The molecule has 3 rings (SSSR count). The van der Waals surface area contributed by atoms with Crippen molar-refractivity contribution in [1.82, 2.24) is 5.32 Å². The van der Waals surface area contributed by atoms with Gasteiger partial charge >= 0.3 is 0 Å². The largest absolute Gasteiger partial charge is 0.481 e. The molecule has 144 valence electrons. The van der Waals surface area contributed by atoms with Gasteiger partial charge in [0.15, 0.2) is 6.10 Å². The standard InChI is InChI=1S/C24H31NO2/c1-5-22(27-19-15-13-18(14-16-19)24(2,3)4)23(26)25-21-12-8-10-17-9-6-7-11-20(17)21/h6-7,9,11,13-16,21-22H,5,8,10,12H2,1-4H3,(H,25,26)/t21-,22+/m1/s1. The van der Waals surface area contributed by atoms with Gasteiger partial charge in [-0.1, -0.05) is 64.1 Å². The molecule has 2 aromatic rings. The van der Waals surface area contributed by atoms with Crippen LogP contribution in [0, 0.1) is 0 Å². The zero-order valence-corrected chi connectivity index (χ0v) is 16.9. The van der Waals surface area contributed by atoms with Crippen molar-refractivity contribution in [2.75, 3.05) is 0 Å². The zero-order valence-electron chi connectivity index (χ0n) is 16.9. The van der Waals surface area contributed by atoms with Gasteiger partial charge < -0.3 is 10.1 Å². The minimum absolute atomic E-state index is 0.0286. The first-order valence-corrected chi connectivity index (χ1v) is 10.0. The minimum atomic E-state index is -0.473. The van der Waals surface area contributed by atoms with Crippen LogP contribution in [0.5, 0.6) is 5.75 Å². The van der Waals surface area contributed by atoms with Crippen LogP contribution in [-0.2, 0) is 16.6 Å². The van der Waals surface area contributed by atoms with Gasteiger partial charge in [-0.3, -0.25) is 4.79 Å². The Kier molecular flexibility index (Phi) is 5.88. The Morgan fingerprint density at radius 2 is 1.85 bits per heavy atom. The van der Waals surface area contributed by atoms with Gasteiger partial charge in [-0.05, 0) is 59.9 Å². The third-order valence-corrected chi connectivity index (χ3v) is 5.35. The highest BCUT2D eigenvalue weighted by atomic mass is 16.5. The van der Waals surface area contributed by atoms with Crippen LogP contribution in [0.2, 0.25) is 0 Å². The van der Waals surface area contributed by atoms with Crippen LogP contribution in [0.15, 0.2) is 48.5 Å². The highest BCUT2D eigenvalue weighted by molar-refractivity contribution is 5.81. The molecule has 2 aromatic carbocycles. The highest BCUT2D eigenvalue weighted by Crippen LogP contribution is 2.30. The fraction of sp³-hybridized carbons (Fsp3) is 0.458. The summed E-state index contributed by atoms with van der Waals surface area (Å²) in [6.07, 6.45) is 3.35. The first-order valence-electron chi connectivity index (χ1n) is 10.0. The average Bonchev–Trinajstić information content (AvgIpc) is 2.66. The van der Waals surface area contributed by atoms with Crippen LogP contribution in [0.3, 0.4) is 0 Å². The molecule has 1 aliphatic rings. The Morgan fingerprint density at radius 3 is 2.52 bits per heavy atom. The van der Waals surface area contributed by atoms with Crippen LogP contribution >= 0.6 is 0 Å². The van der Waals surface area contributed by atoms with E-state index in [1.807, 2.05) is 25.1 Å². The fourth-order valence-electron chi connectivity index (χ4n) is 3.69. The summed E-state index contributed by atoms with van der Waals surface area (Å²) in [6.45, 7) is 8.55. The SMILES string of the molecule is CC[C@H](Oc1ccc(C(C)(C)C)cc1)C(=O)N[C@@H]1CCCc2ccccc21. The van der Waals surface area contributed by atoms with E-state index in [1.54, 1.807) is 0 Å². The second-order valence-electron chi connectivity index (χ2n) is 8.44. The molecular weight excluding hydrogens is 334 g/mol. The van der Waals surface area contributed by atoms with Crippen molar-refractivity contribution >= 4 is 5.91 Å². The number of hydrogen-bond acceptors (Lipinski definition) is 2. The number of carbonyl (C=O) groups excluding carboxylic acids is 1. The lowest BCUT2D eigenvalue weighted by Crippen LogP contribution is -2.41. The van der Waals surface area contributed by atoms with E-state index in [4.69, 9.17) is 4.74 Å². The molecule has 0 radical (unpaired) electrons. The van der Waals surface area contributed by atoms with Crippen molar-refractivity contribution in [3.05, 3.63) is 65.2 Å². The van der Waals surface area contributed by atoms with Crippen molar-refractivity contribution in [3.63, 3.8) is 0 Å².